The van der Waals surface area contributed by atoms with Crippen molar-refractivity contribution in [2.24, 2.45) is 10.3 Å². The van der Waals surface area contributed by atoms with E-state index in [9.17, 15) is 16.8 Å². The van der Waals surface area contributed by atoms with Gasteiger partial charge in [-0.25, -0.2) is 10.3 Å². The van der Waals surface area contributed by atoms with Crippen molar-refractivity contribution in [3.05, 3.63) is 35.9 Å². The lowest BCUT2D eigenvalue weighted by Gasteiger charge is -2.20. The molecular formula is C9H13ClN2O6S2. The van der Waals surface area contributed by atoms with Crippen LogP contribution in [0.5, 0.6) is 0 Å². The Labute approximate surface area is 122 Å². The predicted octanol–water partition coefficient (Wildman–Crippen LogP) is -0.225. The van der Waals surface area contributed by atoms with Crippen molar-refractivity contribution in [3.63, 3.8) is 0 Å². The summed E-state index contributed by atoms with van der Waals surface area (Å²) in [5.74, 6) is 0. The Hall–Kier alpha value is -0.750. The Balaban J connectivity index is 2.92. The molecule has 1 aromatic rings. The van der Waals surface area contributed by atoms with Crippen LogP contribution in [0.2, 0.25) is 0 Å². The van der Waals surface area contributed by atoms with Crippen molar-refractivity contribution in [2.45, 2.75) is 11.5 Å². The van der Waals surface area contributed by atoms with Gasteiger partial charge in [-0.05, 0) is 5.56 Å². The van der Waals surface area contributed by atoms with Crippen LogP contribution < -0.4 is 10.3 Å². The third-order valence-electron chi connectivity index (χ3n) is 2.10. The summed E-state index contributed by atoms with van der Waals surface area (Å²) in [6.45, 7) is -0.696. The lowest BCUT2D eigenvalue weighted by molar-refractivity contribution is 0.133. The van der Waals surface area contributed by atoms with E-state index in [0.717, 1.165) is 0 Å². The molecule has 0 bridgehead atoms. The van der Waals surface area contributed by atoms with Crippen LogP contribution in [0.15, 0.2) is 30.3 Å². The van der Waals surface area contributed by atoms with Crippen LogP contribution in [0.4, 0.5) is 0 Å². The highest BCUT2D eigenvalue weighted by Gasteiger charge is 2.27. The van der Waals surface area contributed by atoms with Gasteiger partial charge in [0.05, 0.1) is 12.0 Å². The van der Waals surface area contributed by atoms with Crippen molar-refractivity contribution in [3.8, 4) is 0 Å². The number of benzene rings is 1. The van der Waals surface area contributed by atoms with E-state index in [1.165, 1.54) is 0 Å². The van der Waals surface area contributed by atoms with Crippen molar-refractivity contribution < 1.29 is 25.2 Å². The fourth-order valence-electron chi connectivity index (χ4n) is 1.35. The number of rotatable bonds is 7. The summed E-state index contributed by atoms with van der Waals surface area (Å²) in [5.41, 5.74) is 0.501. The molecule has 0 fully saturated rings. The van der Waals surface area contributed by atoms with Crippen LogP contribution in [0.1, 0.15) is 10.9 Å². The van der Waals surface area contributed by atoms with Crippen molar-refractivity contribution in [1.29, 1.82) is 0 Å². The molecule has 11 heteroatoms. The molecule has 2 unspecified atom stereocenters. The first-order valence-corrected chi connectivity index (χ1v) is 8.53. The van der Waals surface area contributed by atoms with E-state index in [4.69, 9.17) is 16.7 Å². The van der Waals surface area contributed by atoms with E-state index >= 15 is 0 Å². The van der Waals surface area contributed by atoms with Crippen LogP contribution in [0, 0.1) is 0 Å². The molecule has 0 radical (unpaired) electrons. The minimum atomic E-state index is -4.34. The predicted molar refractivity (Wildman–Crippen MR) is 72.1 cm³/mol. The molecule has 0 aliphatic heterocycles. The lowest BCUT2D eigenvalue weighted by atomic mass is 10.1. The molecule has 0 amide bonds. The maximum absolute atomic E-state index is 11.0. The molecule has 1 aromatic carbocycles. The summed E-state index contributed by atoms with van der Waals surface area (Å²) in [6.07, 6.45) is -1.35. The van der Waals surface area contributed by atoms with Gasteiger partial charge in [0.15, 0.2) is 0 Å². The molecule has 0 aliphatic rings. The largest absolute Gasteiger partial charge is 0.333 e. The number of hydrogen-bond donors (Lipinski definition) is 2. The third kappa shape index (κ3) is 6.61. The Morgan fingerprint density at radius 2 is 1.60 bits per heavy atom. The summed E-state index contributed by atoms with van der Waals surface area (Å²) < 4.78 is 52.2. The van der Waals surface area contributed by atoms with Crippen LogP contribution in [0.3, 0.4) is 0 Å². The van der Waals surface area contributed by atoms with Gasteiger partial charge >= 0.3 is 20.6 Å². The van der Waals surface area contributed by atoms with E-state index in [1.807, 2.05) is 0 Å². The second-order valence-electron chi connectivity index (χ2n) is 3.72. The number of halogens is 1. The Morgan fingerprint density at radius 1 is 1.05 bits per heavy atom. The molecule has 0 saturated heterocycles. The lowest BCUT2D eigenvalue weighted by Crippen LogP contribution is -2.33. The van der Waals surface area contributed by atoms with Crippen LogP contribution in [0.25, 0.3) is 0 Å². The monoisotopic (exact) mass is 344 g/mol. The van der Waals surface area contributed by atoms with E-state index in [-0.39, 0.29) is 0 Å². The smallest absolute Gasteiger partial charge is 0.255 e. The second kappa shape index (κ2) is 6.80. The van der Waals surface area contributed by atoms with E-state index in [2.05, 4.69) is 13.5 Å². The van der Waals surface area contributed by atoms with Crippen molar-refractivity contribution >= 4 is 32.2 Å². The SMILES string of the molecule is NS(=O)(=O)OCC(OS(N)(=O)=O)C(Cl)c1ccccc1. The first-order valence-electron chi connectivity index (χ1n) is 5.15. The Bertz CT molecular complexity index is 634. The zero-order valence-corrected chi connectivity index (χ0v) is 12.4. The van der Waals surface area contributed by atoms with Crippen LogP contribution >= 0.6 is 11.6 Å². The van der Waals surface area contributed by atoms with Gasteiger partial charge in [0.2, 0.25) is 0 Å². The van der Waals surface area contributed by atoms with Gasteiger partial charge < -0.3 is 0 Å². The second-order valence-corrected chi connectivity index (χ2v) is 6.59. The summed E-state index contributed by atoms with van der Waals surface area (Å²) in [7, 11) is -8.61. The topological polar surface area (TPSA) is 139 Å². The highest BCUT2D eigenvalue weighted by Crippen LogP contribution is 2.27. The van der Waals surface area contributed by atoms with E-state index in [1.54, 1.807) is 30.3 Å². The Kier molecular flexibility index (Phi) is 5.89. The summed E-state index contributed by atoms with van der Waals surface area (Å²) in [4.78, 5) is 0. The fraction of sp³-hybridized carbons (Fsp3) is 0.333. The van der Waals surface area contributed by atoms with E-state index < -0.39 is 38.7 Å². The quantitative estimate of drug-likeness (QED) is 0.655. The summed E-state index contributed by atoms with van der Waals surface area (Å²) >= 11 is 6.05. The molecule has 4 N–H and O–H groups in total. The minimum absolute atomic E-state index is 0.501. The van der Waals surface area contributed by atoms with Gasteiger partial charge in [-0.1, -0.05) is 30.3 Å². The summed E-state index contributed by atoms with van der Waals surface area (Å²) in [5, 5.41) is 8.40. The van der Waals surface area contributed by atoms with E-state index in [0.29, 0.717) is 5.56 Å². The van der Waals surface area contributed by atoms with Gasteiger partial charge in [-0.15, -0.1) is 11.6 Å². The molecule has 2 atom stereocenters. The number of hydrogen-bond acceptors (Lipinski definition) is 6. The highest BCUT2D eigenvalue weighted by atomic mass is 35.5. The summed E-state index contributed by atoms with van der Waals surface area (Å²) in [6, 6.07) is 8.27. The van der Waals surface area contributed by atoms with Gasteiger partial charge in [-0.2, -0.15) is 16.8 Å². The van der Waals surface area contributed by atoms with Crippen molar-refractivity contribution in [1.82, 2.24) is 0 Å². The van der Waals surface area contributed by atoms with Gasteiger partial charge in [0.25, 0.3) is 0 Å². The molecule has 20 heavy (non-hydrogen) atoms. The van der Waals surface area contributed by atoms with Crippen LogP contribution in [-0.2, 0) is 29.0 Å². The zero-order chi connectivity index (χ0) is 15.4. The maximum atomic E-state index is 11.0. The fourth-order valence-corrected chi connectivity index (χ4v) is 2.51. The standard InChI is InChI=1S/C9H13ClN2O6S2/c10-9(7-4-2-1-3-5-7)8(18-20(12,15)16)6-17-19(11,13)14/h1-5,8-9H,6H2,(H2,11,13,14)(H2,12,15,16). The average Bonchev–Trinajstić information content (AvgIpc) is 2.32. The zero-order valence-electron chi connectivity index (χ0n) is 10.0. The third-order valence-corrected chi connectivity index (χ3v) is 3.61. The molecule has 0 aliphatic carbocycles. The normalized spacial score (nSPS) is 15.8. The van der Waals surface area contributed by atoms with Crippen LogP contribution in [-0.4, -0.2) is 29.5 Å². The van der Waals surface area contributed by atoms with Gasteiger partial charge in [0.1, 0.15) is 6.10 Å². The minimum Gasteiger partial charge on any atom is -0.255 e. The molecule has 0 aromatic heterocycles. The van der Waals surface area contributed by atoms with Crippen molar-refractivity contribution in [2.75, 3.05) is 6.61 Å². The first-order chi connectivity index (χ1) is 9.08. The molecule has 8 nitrogen and oxygen atoms in total. The highest BCUT2D eigenvalue weighted by molar-refractivity contribution is 7.84. The molecule has 0 spiro atoms. The molecular weight excluding hydrogens is 332 g/mol. The molecule has 1 rings (SSSR count). The Morgan fingerprint density at radius 3 is 2.05 bits per heavy atom. The molecule has 0 heterocycles. The number of alkyl halides is 1. The number of nitrogens with two attached hydrogens (primary N) is 2. The average molecular weight is 345 g/mol. The maximum Gasteiger partial charge on any atom is 0.333 e. The van der Waals surface area contributed by atoms with Gasteiger partial charge in [0, 0.05) is 0 Å². The van der Waals surface area contributed by atoms with Gasteiger partial charge in [-0.3, -0.25) is 8.37 Å². The first kappa shape index (κ1) is 17.3. The molecule has 114 valence electrons. The molecule has 0 saturated carbocycles.